The van der Waals surface area contributed by atoms with Gasteiger partial charge in [0.1, 0.15) is 10.8 Å². The van der Waals surface area contributed by atoms with Crippen LogP contribution >= 0.6 is 11.8 Å². The number of aryl methyl sites for hydroxylation is 1. The van der Waals surface area contributed by atoms with E-state index in [-0.39, 0.29) is 30.4 Å². The zero-order valence-electron chi connectivity index (χ0n) is 13.1. The molecule has 3 heterocycles. The number of imide groups is 1. The quantitative estimate of drug-likeness (QED) is 0.813. The number of nitrogens with zero attached hydrogens (tertiary/aromatic N) is 4. The molecule has 0 fully saturated rings. The van der Waals surface area contributed by atoms with Crippen molar-refractivity contribution < 1.29 is 19.1 Å². The summed E-state index contributed by atoms with van der Waals surface area (Å²) in [6.07, 6.45) is 3.20. The predicted octanol–water partition coefficient (Wildman–Crippen LogP) is 0.191. The fourth-order valence-electron chi connectivity index (χ4n) is 2.39. The third-order valence-corrected chi connectivity index (χ3v) is 4.53. The van der Waals surface area contributed by atoms with Crippen LogP contribution in [0.2, 0.25) is 0 Å². The molecule has 4 amide bonds. The lowest BCUT2D eigenvalue weighted by atomic mass is 10.2. The van der Waals surface area contributed by atoms with Gasteiger partial charge in [-0.05, 0) is 11.5 Å². The van der Waals surface area contributed by atoms with Gasteiger partial charge in [-0.15, -0.1) is 16.9 Å². The van der Waals surface area contributed by atoms with E-state index in [4.69, 9.17) is 4.74 Å². The van der Waals surface area contributed by atoms with Crippen molar-refractivity contribution in [2.75, 3.05) is 20.2 Å². The number of allylic oxidation sites excluding steroid dienone is 1. The fourth-order valence-corrected chi connectivity index (χ4v) is 3.28. The number of carbonyl (C=O) groups excluding carboxylic acids is 3. The van der Waals surface area contributed by atoms with Crippen molar-refractivity contribution in [2.45, 2.75) is 5.25 Å². The van der Waals surface area contributed by atoms with E-state index in [1.807, 2.05) is 0 Å². The van der Waals surface area contributed by atoms with Crippen molar-refractivity contribution in [1.82, 2.24) is 20.0 Å². The number of thioether (sulfide) groups is 1. The second kappa shape index (κ2) is 6.48. The summed E-state index contributed by atoms with van der Waals surface area (Å²) in [4.78, 5) is 41.3. The second-order valence-corrected chi connectivity index (χ2v) is 6.13. The lowest BCUT2D eigenvalue weighted by Gasteiger charge is -2.25. The summed E-state index contributed by atoms with van der Waals surface area (Å²) in [6, 6.07) is -0.605. The average Bonchev–Trinajstić information content (AvgIpc) is 3.16. The molecule has 0 aliphatic carbocycles. The van der Waals surface area contributed by atoms with Gasteiger partial charge in [-0.2, -0.15) is 4.99 Å². The number of aromatic nitrogens is 2. The third-order valence-electron chi connectivity index (χ3n) is 3.52. The summed E-state index contributed by atoms with van der Waals surface area (Å²) in [7, 11) is 3.10. The predicted molar refractivity (Wildman–Crippen MR) is 87.2 cm³/mol. The first kappa shape index (κ1) is 16.2. The van der Waals surface area contributed by atoms with Gasteiger partial charge in [0, 0.05) is 26.3 Å². The molecule has 0 aromatic carbocycles. The largest absolute Gasteiger partial charge is 0.479 e. The van der Waals surface area contributed by atoms with Gasteiger partial charge in [0.25, 0.3) is 5.91 Å². The minimum Gasteiger partial charge on any atom is -0.479 e. The number of fused-ring (bicyclic) bond motifs is 1. The van der Waals surface area contributed by atoms with Crippen molar-refractivity contribution in [3.05, 3.63) is 23.2 Å². The van der Waals surface area contributed by atoms with Crippen molar-refractivity contribution in [2.24, 2.45) is 12.0 Å². The molecule has 0 saturated heterocycles. The van der Waals surface area contributed by atoms with Crippen LogP contribution < -0.4 is 10.1 Å². The topological polar surface area (TPSA) is 106 Å². The monoisotopic (exact) mass is 349 g/mol. The normalized spacial score (nSPS) is 19.3. The number of amides is 4. The summed E-state index contributed by atoms with van der Waals surface area (Å²) >= 11 is 1.31. The van der Waals surface area contributed by atoms with Crippen molar-refractivity contribution in [1.29, 1.82) is 0 Å². The number of hydrogen-bond acceptors (Lipinski definition) is 6. The van der Waals surface area contributed by atoms with Gasteiger partial charge in [0.05, 0.1) is 12.8 Å². The second-order valence-electron chi connectivity index (χ2n) is 5.11. The number of rotatable bonds is 5. The van der Waals surface area contributed by atoms with Crippen LogP contribution in [-0.2, 0) is 11.8 Å². The Hall–Kier alpha value is -2.62. The van der Waals surface area contributed by atoms with Gasteiger partial charge >= 0.3 is 6.03 Å². The standard InChI is InChI=1S/C14H15N5O4S/c1-18-7-8(12(17-18)23-2)11(20)15-4-5-19-13(21)10-9(3-6-24-10)16-14(19)22/h3,6-7,10H,4-5H2,1-2H3,(H,15,20). The maximum absolute atomic E-state index is 12.3. The zero-order chi connectivity index (χ0) is 17.3. The Labute approximate surface area is 141 Å². The van der Waals surface area contributed by atoms with E-state index in [0.717, 1.165) is 4.90 Å². The maximum Gasteiger partial charge on any atom is 0.350 e. The van der Waals surface area contributed by atoms with Crippen LogP contribution in [0.4, 0.5) is 4.79 Å². The number of ether oxygens (including phenoxy) is 1. The fraction of sp³-hybridized carbons (Fsp3) is 0.357. The highest BCUT2D eigenvalue weighted by molar-refractivity contribution is 8.04. The Morgan fingerprint density at radius 2 is 2.25 bits per heavy atom. The SMILES string of the molecule is COc1nn(C)cc1C(=O)NCCN1C(=O)N=C2C=CSC2C1=O. The molecule has 2 aliphatic heterocycles. The molecule has 1 aromatic rings. The molecule has 0 bridgehead atoms. The van der Waals surface area contributed by atoms with E-state index in [0.29, 0.717) is 5.71 Å². The molecular formula is C14H15N5O4S. The number of hydrogen-bond donors (Lipinski definition) is 1. The Morgan fingerprint density at radius 1 is 1.46 bits per heavy atom. The molecule has 126 valence electrons. The lowest BCUT2D eigenvalue weighted by Crippen LogP contribution is -2.49. The van der Waals surface area contributed by atoms with Crippen LogP contribution in [0.3, 0.4) is 0 Å². The molecule has 24 heavy (non-hydrogen) atoms. The van der Waals surface area contributed by atoms with Gasteiger partial charge < -0.3 is 10.1 Å². The number of urea groups is 1. The summed E-state index contributed by atoms with van der Waals surface area (Å²) in [6.45, 7) is 0.170. The van der Waals surface area contributed by atoms with Crippen LogP contribution in [-0.4, -0.2) is 63.7 Å². The first-order chi connectivity index (χ1) is 11.5. The molecule has 1 N–H and O–H groups in total. The summed E-state index contributed by atoms with van der Waals surface area (Å²) < 4.78 is 6.49. The number of methoxy groups -OCH3 is 1. The molecule has 2 aliphatic rings. The van der Waals surface area contributed by atoms with Gasteiger partial charge in [0.15, 0.2) is 0 Å². The Balaban J connectivity index is 1.59. The van der Waals surface area contributed by atoms with Crippen LogP contribution in [0.5, 0.6) is 5.88 Å². The Morgan fingerprint density at radius 3 is 3.00 bits per heavy atom. The van der Waals surface area contributed by atoms with Gasteiger partial charge in [-0.25, -0.2) is 4.79 Å². The highest BCUT2D eigenvalue weighted by Crippen LogP contribution is 2.27. The first-order valence-corrected chi connectivity index (χ1v) is 8.07. The van der Waals surface area contributed by atoms with E-state index >= 15 is 0 Å². The maximum atomic E-state index is 12.3. The van der Waals surface area contributed by atoms with E-state index < -0.39 is 17.2 Å². The van der Waals surface area contributed by atoms with E-state index in [9.17, 15) is 14.4 Å². The minimum absolute atomic E-state index is 0.0554. The zero-order valence-corrected chi connectivity index (χ0v) is 13.9. The average molecular weight is 349 g/mol. The van der Waals surface area contributed by atoms with Gasteiger partial charge in [-0.1, -0.05) is 0 Å². The molecule has 3 rings (SSSR count). The number of nitrogens with one attached hydrogen (secondary N) is 1. The van der Waals surface area contributed by atoms with Gasteiger partial charge in [-0.3, -0.25) is 19.2 Å². The molecule has 10 heteroatoms. The van der Waals surface area contributed by atoms with Gasteiger partial charge in [0.2, 0.25) is 11.8 Å². The first-order valence-electron chi connectivity index (χ1n) is 7.13. The summed E-state index contributed by atoms with van der Waals surface area (Å²) in [5, 5.41) is 7.93. The smallest absolute Gasteiger partial charge is 0.350 e. The highest BCUT2D eigenvalue weighted by Gasteiger charge is 2.38. The highest BCUT2D eigenvalue weighted by atomic mass is 32.2. The van der Waals surface area contributed by atoms with Crippen LogP contribution in [0.1, 0.15) is 10.4 Å². The third kappa shape index (κ3) is 2.92. The Bertz CT molecular complexity index is 769. The van der Waals surface area contributed by atoms with Crippen molar-refractivity contribution >= 4 is 35.3 Å². The molecule has 1 atom stereocenters. The van der Waals surface area contributed by atoms with E-state index in [2.05, 4.69) is 15.4 Å². The van der Waals surface area contributed by atoms with Crippen LogP contribution in [0.25, 0.3) is 0 Å². The van der Waals surface area contributed by atoms with Crippen molar-refractivity contribution in [3.63, 3.8) is 0 Å². The molecule has 1 aromatic heterocycles. The summed E-state index contributed by atoms with van der Waals surface area (Å²) in [5.74, 6) is -0.492. The molecular weight excluding hydrogens is 334 g/mol. The molecule has 0 saturated carbocycles. The summed E-state index contributed by atoms with van der Waals surface area (Å²) in [5.41, 5.74) is 0.766. The molecule has 0 radical (unpaired) electrons. The number of carbonyl (C=O) groups is 3. The van der Waals surface area contributed by atoms with Crippen LogP contribution in [0, 0.1) is 0 Å². The molecule has 9 nitrogen and oxygen atoms in total. The van der Waals surface area contributed by atoms with Crippen molar-refractivity contribution in [3.8, 4) is 5.88 Å². The minimum atomic E-state index is -0.605. The molecule has 1 unspecified atom stereocenters. The van der Waals surface area contributed by atoms with Crippen LogP contribution in [0.15, 0.2) is 22.7 Å². The lowest BCUT2D eigenvalue weighted by molar-refractivity contribution is -0.126. The Kier molecular flexibility index (Phi) is 4.38. The number of aliphatic imine (C=N–C) groups is 1. The van der Waals surface area contributed by atoms with E-state index in [1.54, 1.807) is 18.5 Å². The van der Waals surface area contributed by atoms with E-state index in [1.165, 1.54) is 29.8 Å². The molecule has 0 spiro atoms.